The fourth-order valence-electron chi connectivity index (χ4n) is 2.61. The molecule has 1 saturated carbocycles. The summed E-state index contributed by atoms with van der Waals surface area (Å²) in [6.45, 7) is 2.16. The minimum absolute atomic E-state index is 0.262. The molecule has 106 valence electrons. The zero-order valence-corrected chi connectivity index (χ0v) is 12.0. The lowest BCUT2D eigenvalue weighted by molar-refractivity contribution is 0.533. The Labute approximate surface area is 124 Å². The smallest absolute Gasteiger partial charge is 0.198 e. The normalized spacial score (nSPS) is 16.0. The second-order valence-corrected chi connectivity index (χ2v) is 5.79. The van der Waals surface area contributed by atoms with Gasteiger partial charge in [0.15, 0.2) is 11.5 Å². The summed E-state index contributed by atoms with van der Waals surface area (Å²) < 4.78 is 5.80. The van der Waals surface area contributed by atoms with Crippen molar-refractivity contribution in [2.24, 2.45) is 0 Å². The lowest BCUT2D eigenvalue weighted by Gasteiger charge is -2.15. The number of hydrogen-bond donors (Lipinski definition) is 1. The van der Waals surface area contributed by atoms with E-state index in [1.54, 1.807) is 0 Å². The Morgan fingerprint density at radius 2 is 1.95 bits per heavy atom. The monoisotopic (exact) mass is 278 g/mol. The van der Waals surface area contributed by atoms with Crippen molar-refractivity contribution in [3.63, 3.8) is 0 Å². The third-order valence-electron chi connectivity index (χ3n) is 4.01. The van der Waals surface area contributed by atoms with E-state index in [0.29, 0.717) is 5.92 Å². The predicted octanol–water partition coefficient (Wildman–Crippen LogP) is 4.88. The molecule has 1 aliphatic rings. The summed E-state index contributed by atoms with van der Waals surface area (Å²) in [6.07, 6.45) is 2.42. The zero-order valence-electron chi connectivity index (χ0n) is 12.0. The van der Waals surface area contributed by atoms with Gasteiger partial charge in [0.1, 0.15) is 5.52 Å². The first-order valence-electron chi connectivity index (χ1n) is 7.51. The van der Waals surface area contributed by atoms with Crippen LogP contribution in [0.3, 0.4) is 0 Å². The Morgan fingerprint density at radius 3 is 2.71 bits per heavy atom. The average Bonchev–Trinajstić information content (AvgIpc) is 3.28. The van der Waals surface area contributed by atoms with Gasteiger partial charge >= 0.3 is 0 Å². The van der Waals surface area contributed by atoms with Gasteiger partial charge in [-0.2, -0.15) is 0 Å². The van der Waals surface area contributed by atoms with E-state index in [1.807, 2.05) is 12.1 Å². The van der Waals surface area contributed by atoms with Crippen molar-refractivity contribution in [2.75, 3.05) is 5.32 Å². The molecule has 4 rings (SSSR count). The van der Waals surface area contributed by atoms with Crippen LogP contribution in [0.5, 0.6) is 0 Å². The quantitative estimate of drug-likeness (QED) is 0.739. The van der Waals surface area contributed by atoms with E-state index in [-0.39, 0.29) is 6.04 Å². The lowest BCUT2D eigenvalue weighted by Crippen LogP contribution is -2.06. The van der Waals surface area contributed by atoms with Gasteiger partial charge in [-0.1, -0.05) is 30.3 Å². The number of anilines is 1. The van der Waals surface area contributed by atoms with E-state index < -0.39 is 0 Å². The minimum Gasteiger partial charge on any atom is -0.440 e. The summed E-state index contributed by atoms with van der Waals surface area (Å²) >= 11 is 0. The fraction of sp³-hybridized carbons (Fsp3) is 0.278. The van der Waals surface area contributed by atoms with Crippen molar-refractivity contribution in [2.45, 2.75) is 31.7 Å². The van der Waals surface area contributed by atoms with E-state index >= 15 is 0 Å². The first kappa shape index (κ1) is 12.5. The molecule has 0 spiro atoms. The van der Waals surface area contributed by atoms with Gasteiger partial charge < -0.3 is 9.73 Å². The first-order valence-corrected chi connectivity index (χ1v) is 7.51. The molecule has 3 heteroatoms. The van der Waals surface area contributed by atoms with Gasteiger partial charge in [-0.3, -0.25) is 0 Å². The standard InChI is InChI=1S/C18H18N2O/c1-12(13-5-3-2-4-6-13)19-15-9-10-17-16(11-15)20-18(21-17)14-7-8-14/h2-6,9-12,14,19H,7-8H2,1H3. The Balaban J connectivity index is 1.58. The number of nitrogens with zero attached hydrogens (tertiary/aromatic N) is 1. The number of hydrogen-bond acceptors (Lipinski definition) is 3. The number of rotatable bonds is 4. The van der Waals surface area contributed by atoms with Crippen molar-refractivity contribution < 1.29 is 4.42 Å². The molecule has 0 amide bonds. The van der Waals surface area contributed by atoms with Crippen molar-refractivity contribution in [3.8, 4) is 0 Å². The van der Waals surface area contributed by atoms with Gasteiger partial charge in [-0.15, -0.1) is 0 Å². The van der Waals surface area contributed by atoms with Crippen LogP contribution in [0.2, 0.25) is 0 Å². The van der Waals surface area contributed by atoms with Crippen LogP contribution in [0.1, 0.15) is 43.2 Å². The van der Waals surface area contributed by atoms with Crippen molar-refractivity contribution in [3.05, 3.63) is 60.0 Å². The predicted molar refractivity (Wildman–Crippen MR) is 84.5 cm³/mol. The van der Waals surface area contributed by atoms with E-state index in [9.17, 15) is 0 Å². The molecule has 1 heterocycles. The molecule has 0 aliphatic heterocycles. The second-order valence-electron chi connectivity index (χ2n) is 5.79. The molecule has 1 aliphatic carbocycles. The highest BCUT2D eigenvalue weighted by Gasteiger charge is 2.28. The first-order chi connectivity index (χ1) is 10.3. The van der Waals surface area contributed by atoms with Crippen LogP contribution in [-0.2, 0) is 0 Å². The van der Waals surface area contributed by atoms with Crippen LogP contribution >= 0.6 is 0 Å². The van der Waals surface area contributed by atoms with Crippen LogP contribution < -0.4 is 5.32 Å². The maximum atomic E-state index is 5.80. The maximum absolute atomic E-state index is 5.80. The van der Waals surface area contributed by atoms with E-state index in [1.165, 1.54) is 18.4 Å². The Morgan fingerprint density at radius 1 is 1.14 bits per heavy atom. The highest BCUT2D eigenvalue weighted by molar-refractivity contribution is 5.77. The molecule has 1 N–H and O–H groups in total. The van der Waals surface area contributed by atoms with E-state index in [0.717, 1.165) is 22.7 Å². The topological polar surface area (TPSA) is 38.1 Å². The van der Waals surface area contributed by atoms with Gasteiger partial charge in [0.2, 0.25) is 0 Å². The van der Waals surface area contributed by atoms with Crippen molar-refractivity contribution >= 4 is 16.8 Å². The van der Waals surface area contributed by atoms with Crippen LogP contribution in [0.15, 0.2) is 52.9 Å². The largest absolute Gasteiger partial charge is 0.440 e. The summed E-state index contributed by atoms with van der Waals surface area (Å²) in [4.78, 5) is 4.61. The SMILES string of the molecule is CC(Nc1ccc2oc(C3CC3)nc2c1)c1ccccc1. The van der Waals surface area contributed by atoms with Gasteiger partial charge in [0.25, 0.3) is 0 Å². The Hall–Kier alpha value is -2.29. The highest BCUT2D eigenvalue weighted by Crippen LogP contribution is 2.40. The van der Waals surface area contributed by atoms with Gasteiger partial charge in [0, 0.05) is 17.6 Å². The molecule has 0 bridgehead atoms. The molecule has 3 aromatic rings. The third kappa shape index (κ3) is 2.51. The van der Waals surface area contributed by atoms with Crippen LogP contribution in [0.25, 0.3) is 11.1 Å². The fourth-order valence-corrected chi connectivity index (χ4v) is 2.61. The molecule has 21 heavy (non-hydrogen) atoms. The minimum atomic E-state index is 0.262. The van der Waals surface area contributed by atoms with Crippen LogP contribution in [0, 0.1) is 0 Å². The molecule has 3 nitrogen and oxygen atoms in total. The molecule has 1 unspecified atom stereocenters. The van der Waals surface area contributed by atoms with E-state index in [4.69, 9.17) is 4.42 Å². The lowest BCUT2D eigenvalue weighted by atomic mass is 10.1. The molecule has 1 aromatic heterocycles. The third-order valence-corrected chi connectivity index (χ3v) is 4.01. The maximum Gasteiger partial charge on any atom is 0.198 e. The summed E-state index contributed by atoms with van der Waals surface area (Å²) in [5.41, 5.74) is 4.18. The van der Waals surface area contributed by atoms with Crippen LogP contribution in [0.4, 0.5) is 5.69 Å². The summed E-state index contributed by atoms with van der Waals surface area (Å²) in [5, 5.41) is 3.52. The summed E-state index contributed by atoms with van der Waals surface area (Å²) in [5.74, 6) is 1.45. The number of fused-ring (bicyclic) bond motifs is 1. The molecule has 1 atom stereocenters. The summed E-state index contributed by atoms with van der Waals surface area (Å²) in [7, 11) is 0. The Bertz CT molecular complexity index is 759. The van der Waals surface area contributed by atoms with Gasteiger partial charge in [-0.25, -0.2) is 4.98 Å². The molecule has 0 radical (unpaired) electrons. The van der Waals surface area contributed by atoms with Crippen molar-refractivity contribution in [1.82, 2.24) is 4.98 Å². The second kappa shape index (κ2) is 4.92. The van der Waals surface area contributed by atoms with E-state index in [2.05, 4.69) is 53.6 Å². The average molecular weight is 278 g/mol. The summed E-state index contributed by atoms with van der Waals surface area (Å²) in [6, 6.07) is 16.8. The number of benzene rings is 2. The van der Waals surface area contributed by atoms with Gasteiger partial charge in [-0.05, 0) is 43.5 Å². The molecule has 1 fully saturated rings. The van der Waals surface area contributed by atoms with Gasteiger partial charge in [0.05, 0.1) is 0 Å². The number of aromatic nitrogens is 1. The molecular weight excluding hydrogens is 260 g/mol. The Kier molecular flexibility index (Phi) is 2.92. The van der Waals surface area contributed by atoms with Crippen LogP contribution in [-0.4, -0.2) is 4.98 Å². The van der Waals surface area contributed by atoms with Crippen molar-refractivity contribution in [1.29, 1.82) is 0 Å². The number of oxazole rings is 1. The zero-order chi connectivity index (χ0) is 14.2. The number of nitrogens with one attached hydrogen (secondary N) is 1. The molecule has 2 aromatic carbocycles. The molecular formula is C18H18N2O. The molecule has 0 saturated heterocycles. The highest BCUT2D eigenvalue weighted by atomic mass is 16.3.